The molecule has 1 unspecified atom stereocenters. The van der Waals surface area contributed by atoms with E-state index in [9.17, 15) is 13.4 Å². The van der Waals surface area contributed by atoms with E-state index >= 15 is 0 Å². The van der Waals surface area contributed by atoms with Crippen molar-refractivity contribution in [2.45, 2.75) is 4.90 Å². The lowest BCUT2D eigenvalue weighted by Gasteiger charge is -2.06. The van der Waals surface area contributed by atoms with E-state index in [0.29, 0.717) is 20.7 Å². The monoisotopic (exact) mass is 370 g/mol. The molecule has 0 amide bonds. The second-order valence-corrected chi connectivity index (χ2v) is 6.52. The summed E-state index contributed by atoms with van der Waals surface area (Å²) in [7, 11) is 0.0341. The normalized spacial score (nSPS) is 12.0. The minimum absolute atomic E-state index is 0.148. The summed E-state index contributed by atoms with van der Waals surface area (Å²) in [5, 5.41) is 0. The highest BCUT2D eigenvalue weighted by Gasteiger charge is 2.14. The number of methoxy groups -OCH3 is 1. The Hall–Kier alpha value is -1.53. The lowest BCUT2D eigenvalue weighted by molar-refractivity contribution is 0.102. The zero-order valence-electron chi connectivity index (χ0n) is 11.1. The maximum Gasteiger partial charge on any atom is 0.175 e. The van der Waals surface area contributed by atoms with Gasteiger partial charge in [-0.2, -0.15) is 0 Å². The van der Waals surface area contributed by atoms with Gasteiger partial charge >= 0.3 is 0 Å². The Morgan fingerprint density at radius 2 is 1.90 bits per heavy atom. The van der Waals surface area contributed by atoms with Gasteiger partial charge in [-0.15, -0.1) is 0 Å². The van der Waals surface area contributed by atoms with Gasteiger partial charge in [0.2, 0.25) is 0 Å². The molecule has 0 aromatic heterocycles. The third kappa shape index (κ3) is 3.98. The first-order valence-electron chi connectivity index (χ1n) is 6.02. The molecule has 0 saturated heterocycles. The first kappa shape index (κ1) is 15.9. The van der Waals surface area contributed by atoms with E-state index < -0.39 is 16.6 Å². The van der Waals surface area contributed by atoms with Crippen LogP contribution in [0.5, 0.6) is 5.75 Å². The largest absolute Gasteiger partial charge is 0.496 e. The number of carbonyl (C=O) groups is 1. The van der Waals surface area contributed by atoms with Gasteiger partial charge in [-0.3, -0.25) is 9.00 Å². The molecule has 2 aromatic rings. The van der Waals surface area contributed by atoms with E-state index in [2.05, 4.69) is 15.9 Å². The third-order valence-electron chi connectivity index (χ3n) is 2.81. The Morgan fingerprint density at radius 3 is 2.48 bits per heavy atom. The number of halogens is 2. The second-order valence-electron chi connectivity index (χ2n) is 4.22. The number of rotatable bonds is 5. The molecule has 0 aliphatic heterocycles. The molecule has 0 N–H and O–H groups in total. The summed E-state index contributed by atoms with van der Waals surface area (Å²) in [4.78, 5) is 12.5. The maximum atomic E-state index is 12.8. The number of benzene rings is 2. The van der Waals surface area contributed by atoms with Crippen molar-refractivity contribution in [1.82, 2.24) is 0 Å². The predicted octanol–water partition coefficient (Wildman–Crippen LogP) is 3.59. The average molecular weight is 371 g/mol. The topological polar surface area (TPSA) is 43.4 Å². The molecule has 0 radical (unpaired) electrons. The van der Waals surface area contributed by atoms with Gasteiger partial charge in [-0.1, -0.05) is 0 Å². The highest BCUT2D eigenvalue weighted by atomic mass is 79.9. The summed E-state index contributed by atoms with van der Waals surface area (Å²) in [5.41, 5.74) is 0.443. The average Bonchev–Trinajstić information content (AvgIpc) is 2.47. The van der Waals surface area contributed by atoms with Crippen LogP contribution in [0.3, 0.4) is 0 Å². The zero-order valence-corrected chi connectivity index (χ0v) is 13.5. The Labute approximate surface area is 132 Å². The zero-order chi connectivity index (χ0) is 15.4. The van der Waals surface area contributed by atoms with Crippen LogP contribution >= 0.6 is 15.9 Å². The molecule has 0 saturated carbocycles. The fourth-order valence-corrected chi connectivity index (χ4v) is 3.26. The predicted molar refractivity (Wildman–Crippen MR) is 82.7 cm³/mol. The SMILES string of the molecule is COc1ccc(C(=O)CS(=O)c2ccc(F)cc2)cc1Br. The third-order valence-corrected chi connectivity index (χ3v) is 4.75. The molecule has 0 fully saturated rings. The molecular weight excluding hydrogens is 359 g/mol. The van der Waals surface area contributed by atoms with Crippen molar-refractivity contribution in [3.05, 3.63) is 58.3 Å². The number of carbonyl (C=O) groups excluding carboxylic acids is 1. The van der Waals surface area contributed by atoms with Crippen LogP contribution in [0.2, 0.25) is 0 Å². The number of Topliss-reactive ketones (excluding diaryl/α,β-unsaturated/α-hetero) is 1. The van der Waals surface area contributed by atoms with Crippen LogP contribution in [0.15, 0.2) is 51.8 Å². The molecule has 0 heterocycles. The number of hydrogen-bond acceptors (Lipinski definition) is 3. The smallest absolute Gasteiger partial charge is 0.175 e. The molecule has 3 nitrogen and oxygen atoms in total. The molecule has 6 heteroatoms. The van der Waals surface area contributed by atoms with E-state index in [1.54, 1.807) is 18.2 Å². The van der Waals surface area contributed by atoms with Crippen LogP contribution in [0.1, 0.15) is 10.4 Å². The van der Waals surface area contributed by atoms with E-state index in [0.717, 1.165) is 0 Å². The van der Waals surface area contributed by atoms with Crippen molar-refractivity contribution in [2.24, 2.45) is 0 Å². The van der Waals surface area contributed by atoms with E-state index in [1.807, 2.05) is 0 Å². The number of ether oxygens (including phenoxy) is 1. The summed E-state index contributed by atoms with van der Waals surface area (Å²) in [5.74, 6) is -0.182. The van der Waals surface area contributed by atoms with Crippen molar-refractivity contribution in [1.29, 1.82) is 0 Å². The first-order chi connectivity index (χ1) is 10.0. The molecule has 21 heavy (non-hydrogen) atoms. The van der Waals surface area contributed by atoms with Gasteiger partial charge in [0.25, 0.3) is 0 Å². The van der Waals surface area contributed by atoms with Crippen molar-refractivity contribution < 1.29 is 18.1 Å². The lowest BCUT2D eigenvalue weighted by atomic mass is 10.1. The molecule has 0 aliphatic rings. The Balaban J connectivity index is 2.12. The van der Waals surface area contributed by atoms with Gasteiger partial charge < -0.3 is 4.74 Å². The van der Waals surface area contributed by atoms with Gasteiger partial charge in [0, 0.05) is 10.5 Å². The van der Waals surface area contributed by atoms with Crippen LogP contribution in [-0.2, 0) is 10.8 Å². The molecule has 0 bridgehead atoms. The second kappa shape index (κ2) is 6.95. The highest BCUT2D eigenvalue weighted by Crippen LogP contribution is 2.26. The van der Waals surface area contributed by atoms with Crippen LogP contribution < -0.4 is 4.74 Å². The molecule has 110 valence electrons. The summed E-state index contributed by atoms with van der Waals surface area (Å²) < 4.78 is 30.6. The Morgan fingerprint density at radius 1 is 1.24 bits per heavy atom. The lowest BCUT2D eigenvalue weighted by Crippen LogP contribution is -2.11. The molecular formula is C15H12BrFO3S. The Bertz CT molecular complexity index is 686. The van der Waals surface area contributed by atoms with Gasteiger partial charge in [0.05, 0.1) is 28.1 Å². The van der Waals surface area contributed by atoms with Gasteiger partial charge in [-0.25, -0.2) is 4.39 Å². The first-order valence-corrected chi connectivity index (χ1v) is 8.13. The number of ketones is 1. The minimum atomic E-state index is -1.50. The standard InChI is InChI=1S/C15H12BrFO3S/c1-20-15-7-2-10(8-13(15)16)14(18)9-21(19)12-5-3-11(17)4-6-12/h2-8H,9H2,1H3. The summed E-state index contributed by atoms with van der Waals surface area (Å²) in [6.07, 6.45) is 0. The minimum Gasteiger partial charge on any atom is -0.496 e. The Kier molecular flexibility index (Phi) is 5.25. The fourth-order valence-electron chi connectivity index (χ4n) is 1.71. The van der Waals surface area contributed by atoms with Crippen molar-refractivity contribution in [3.8, 4) is 5.75 Å². The molecule has 2 rings (SSSR count). The van der Waals surface area contributed by atoms with Gasteiger partial charge in [0.1, 0.15) is 11.6 Å². The molecule has 2 aromatic carbocycles. The van der Waals surface area contributed by atoms with Crippen LogP contribution in [-0.4, -0.2) is 22.9 Å². The van der Waals surface area contributed by atoms with E-state index in [1.165, 1.54) is 31.4 Å². The molecule has 1 atom stereocenters. The van der Waals surface area contributed by atoms with Crippen molar-refractivity contribution in [2.75, 3.05) is 12.9 Å². The van der Waals surface area contributed by atoms with Crippen LogP contribution in [0.25, 0.3) is 0 Å². The highest BCUT2D eigenvalue weighted by molar-refractivity contribution is 9.10. The fraction of sp³-hybridized carbons (Fsp3) is 0.133. The molecule has 0 aliphatic carbocycles. The van der Waals surface area contributed by atoms with Crippen LogP contribution in [0, 0.1) is 5.82 Å². The summed E-state index contributed by atoms with van der Waals surface area (Å²) in [6, 6.07) is 10.2. The van der Waals surface area contributed by atoms with E-state index in [4.69, 9.17) is 4.74 Å². The number of hydrogen-bond donors (Lipinski definition) is 0. The summed E-state index contributed by atoms with van der Waals surface area (Å²) >= 11 is 3.30. The van der Waals surface area contributed by atoms with Gasteiger partial charge in [0.15, 0.2) is 5.78 Å². The van der Waals surface area contributed by atoms with Crippen molar-refractivity contribution >= 4 is 32.5 Å². The van der Waals surface area contributed by atoms with Gasteiger partial charge in [-0.05, 0) is 58.4 Å². The van der Waals surface area contributed by atoms with E-state index in [-0.39, 0.29) is 11.5 Å². The molecule has 0 spiro atoms. The quantitative estimate of drug-likeness (QED) is 0.755. The maximum absolute atomic E-state index is 12.8. The van der Waals surface area contributed by atoms with Crippen molar-refractivity contribution in [3.63, 3.8) is 0 Å². The van der Waals surface area contributed by atoms with Crippen LogP contribution in [0.4, 0.5) is 4.39 Å². The summed E-state index contributed by atoms with van der Waals surface area (Å²) in [6.45, 7) is 0.